The number of halogens is 1. The average Bonchev–Trinajstić information content (AvgIpc) is 2.31. The quantitative estimate of drug-likeness (QED) is 0.849. The highest BCUT2D eigenvalue weighted by atomic mass is 79.9. The molecule has 0 aliphatic heterocycles. The molecule has 1 aromatic rings. The molecular weight excluding hydrogens is 290 g/mol. The molecule has 98 valence electrons. The van der Waals surface area contributed by atoms with Gasteiger partial charge in [-0.3, -0.25) is 4.79 Å². The average molecular weight is 310 g/mol. The summed E-state index contributed by atoms with van der Waals surface area (Å²) in [4.78, 5) is 12.3. The molecule has 1 atom stereocenters. The topological polar surface area (TPSA) is 29.1 Å². The molecule has 1 N–H and O–H groups in total. The Bertz CT molecular complexity index is 425. The Hall–Kier alpha value is -0.830. The minimum absolute atomic E-state index is 0.123. The molecule has 1 aromatic carbocycles. The SMILES string of the molecule is CC1(C)CCCCC1C(=O)Nc1ccc(Br)cc1. The summed E-state index contributed by atoms with van der Waals surface area (Å²) in [6, 6.07) is 7.75. The van der Waals surface area contributed by atoms with Gasteiger partial charge in [0.05, 0.1) is 0 Å². The van der Waals surface area contributed by atoms with Gasteiger partial charge in [0, 0.05) is 16.1 Å². The molecule has 1 aliphatic carbocycles. The number of hydrogen-bond acceptors (Lipinski definition) is 1. The van der Waals surface area contributed by atoms with E-state index in [1.807, 2.05) is 24.3 Å². The van der Waals surface area contributed by atoms with Gasteiger partial charge in [0.1, 0.15) is 0 Å². The van der Waals surface area contributed by atoms with Crippen LogP contribution in [0.4, 0.5) is 5.69 Å². The van der Waals surface area contributed by atoms with Crippen LogP contribution >= 0.6 is 15.9 Å². The first kappa shape index (κ1) is 13.6. The highest BCUT2D eigenvalue weighted by Crippen LogP contribution is 2.41. The Labute approximate surface area is 117 Å². The maximum Gasteiger partial charge on any atom is 0.228 e. The maximum atomic E-state index is 12.3. The first-order valence-electron chi connectivity index (χ1n) is 6.55. The van der Waals surface area contributed by atoms with Crippen LogP contribution in [0.5, 0.6) is 0 Å². The molecule has 18 heavy (non-hydrogen) atoms. The van der Waals surface area contributed by atoms with E-state index in [1.54, 1.807) is 0 Å². The zero-order valence-corrected chi connectivity index (χ0v) is 12.6. The third-order valence-corrected chi connectivity index (χ3v) is 4.46. The van der Waals surface area contributed by atoms with Gasteiger partial charge in [-0.1, -0.05) is 42.6 Å². The van der Waals surface area contributed by atoms with Crippen LogP contribution in [0.25, 0.3) is 0 Å². The van der Waals surface area contributed by atoms with Crippen molar-refractivity contribution in [2.75, 3.05) is 5.32 Å². The lowest BCUT2D eigenvalue weighted by Crippen LogP contribution is -2.37. The third-order valence-electron chi connectivity index (χ3n) is 3.94. The van der Waals surface area contributed by atoms with Gasteiger partial charge in [0.2, 0.25) is 5.91 Å². The Morgan fingerprint density at radius 2 is 1.94 bits per heavy atom. The van der Waals surface area contributed by atoms with E-state index < -0.39 is 0 Å². The molecule has 1 aliphatic rings. The van der Waals surface area contributed by atoms with Crippen molar-refractivity contribution < 1.29 is 4.79 Å². The lowest BCUT2D eigenvalue weighted by molar-refractivity contribution is -0.124. The van der Waals surface area contributed by atoms with Gasteiger partial charge in [-0.25, -0.2) is 0 Å². The lowest BCUT2D eigenvalue weighted by Gasteiger charge is -2.37. The van der Waals surface area contributed by atoms with Crippen molar-refractivity contribution in [1.29, 1.82) is 0 Å². The number of hydrogen-bond donors (Lipinski definition) is 1. The van der Waals surface area contributed by atoms with Crippen molar-refractivity contribution in [2.45, 2.75) is 39.5 Å². The second-order valence-corrected chi connectivity index (χ2v) is 6.70. The van der Waals surface area contributed by atoms with Gasteiger partial charge in [0.15, 0.2) is 0 Å². The van der Waals surface area contributed by atoms with Gasteiger partial charge >= 0.3 is 0 Å². The second-order valence-electron chi connectivity index (χ2n) is 5.78. The fourth-order valence-corrected chi connectivity index (χ4v) is 3.01. The lowest BCUT2D eigenvalue weighted by atomic mass is 9.68. The Balaban J connectivity index is 2.05. The van der Waals surface area contributed by atoms with Crippen LogP contribution < -0.4 is 5.32 Å². The van der Waals surface area contributed by atoms with E-state index in [0.717, 1.165) is 23.0 Å². The molecule has 1 fully saturated rings. The number of nitrogens with one attached hydrogen (secondary N) is 1. The van der Waals surface area contributed by atoms with Crippen molar-refractivity contribution in [3.8, 4) is 0 Å². The van der Waals surface area contributed by atoms with Crippen LogP contribution in [0, 0.1) is 11.3 Å². The van der Waals surface area contributed by atoms with Crippen molar-refractivity contribution in [1.82, 2.24) is 0 Å². The highest BCUT2D eigenvalue weighted by molar-refractivity contribution is 9.10. The van der Waals surface area contributed by atoms with Gasteiger partial charge in [0.25, 0.3) is 0 Å². The van der Waals surface area contributed by atoms with Crippen molar-refractivity contribution in [3.63, 3.8) is 0 Å². The summed E-state index contributed by atoms with van der Waals surface area (Å²) in [7, 11) is 0. The largest absolute Gasteiger partial charge is 0.326 e. The second kappa shape index (κ2) is 5.43. The minimum atomic E-state index is 0.123. The summed E-state index contributed by atoms with van der Waals surface area (Å²) in [5.41, 5.74) is 1.00. The monoisotopic (exact) mass is 309 g/mol. The number of carbonyl (C=O) groups is 1. The molecule has 1 amide bonds. The van der Waals surface area contributed by atoms with Crippen LogP contribution in [-0.2, 0) is 4.79 Å². The van der Waals surface area contributed by atoms with E-state index in [-0.39, 0.29) is 17.2 Å². The predicted octanol–water partition coefficient (Wildman–Crippen LogP) is 4.60. The Kier molecular flexibility index (Phi) is 4.10. The van der Waals surface area contributed by atoms with E-state index in [1.165, 1.54) is 12.8 Å². The number of benzene rings is 1. The van der Waals surface area contributed by atoms with E-state index in [4.69, 9.17) is 0 Å². The Morgan fingerprint density at radius 3 is 2.56 bits per heavy atom. The fraction of sp³-hybridized carbons (Fsp3) is 0.533. The first-order chi connectivity index (χ1) is 8.49. The van der Waals surface area contributed by atoms with E-state index >= 15 is 0 Å². The van der Waals surface area contributed by atoms with Crippen molar-refractivity contribution in [2.24, 2.45) is 11.3 Å². The zero-order chi connectivity index (χ0) is 13.2. The molecule has 0 bridgehead atoms. The molecule has 3 heteroatoms. The standard InChI is InChI=1S/C15H20BrNO/c1-15(2)10-4-3-5-13(15)14(18)17-12-8-6-11(16)7-9-12/h6-9,13H,3-5,10H2,1-2H3,(H,17,18). The van der Waals surface area contributed by atoms with Crippen LogP contribution in [0.3, 0.4) is 0 Å². The van der Waals surface area contributed by atoms with E-state index in [0.29, 0.717) is 0 Å². The molecule has 1 saturated carbocycles. The Morgan fingerprint density at radius 1 is 1.28 bits per heavy atom. The third kappa shape index (κ3) is 3.14. The first-order valence-corrected chi connectivity index (χ1v) is 7.35. The molecule has 0 saturated heterocycles. The molecule has 0 aromatic heterocycles. The highest BCUT2D eigenvalue weighted by Gasteiger charge is 2.36. The minimum Gasteiger partial charge on any atom is -0.326 e. The molecule has 1 unspecified atom stereocenters. The number of rotatable bonds is 2. The van der Waals surface area contributed by atoms with Crippen molar-refractivity contribution in [3.05, 3.63) is 28.7 Å². The maximum absolute atomic E-state index is 12.3. The zero-order valence-electron chi connectivity index (χ0n) is 11.0. The normalized spacial score (nSPS) is 22.5. The summed E-state index contributed by atoms with van der Waals surface area (Å²) >= 11 is 3.39. The van der Waals surface area contributed by atoms with Crippen LogP contribution in [0.15, 0.2) is 28.7 Å². The smallest absolute Gasteiger partial charge is 0.228 e. The van der Waals surface area contributed by atoms with Gasteiger partial charge < -0.3 is 5.32 Å². The van der Waals surface area contributed by atoms with Gasteiger partial charge in [-0.2, -0.15) is 0 Å². The number of amides is 1. The van der Waals surface area contributed by atoms with Crippen molar-refractivity contribution >= 4 is 27.5 Å². The summed E-state index contributed by atoms with van der Waals surface area (Å²) in [5.74, 6) is 0.303. The van der Waals surface area contributed by atoms with Crippen LogP contribution in [0.2, 0.25) is 0 Å². The molecule has 2 rings (SSSR count). The van der Waals surface area contributed by atoms with Crippen LogP contribution in [-0.4, -0.2) is 5.91 Å². The summed E-state index contributed by atoms with van der Waals surface area (Å²) in [6.45, 7) is 4.41. The summed E-state index contributed by atoms with van der Waals surface area (Å²) in [6.07, 6.45) is 4.57. The molecule has 0 spiro atoms. The molecule has 2 nitrogen and oxygen atoms in total. The van der Waals surface area contributed by atoms with Gasteiger partial charge in [-0.05, 0) is 42.5 Å². The van der Waals surface area contributed by atoms with Crippen LogP contribution in [0.1, 0.15) is 39.5 Å². The fourth-order valence-electron chi connectivity index (χ4n) is 2.74. The molecule has 0 heterocycles. The number of anilines is 1. The van der Waals surface area contributed by atoms with E-state index in [2.05, 4.69) is 35.1 Å². The molecule has 0 radical (unpaired) electrons. The summed E-state index contributed by atoms with van der Waals surface area (Å²) in [5, 5.41) is 3.03. The van der Waals surface area contributed by atoms with Gasteiger partial charge in [-0.15, -0.1) is 0 Å². The van der Waals surface area contributed by atoms with E-state index in [9.17, 15) is 4.79 Å². The predicted molar refractivity (Wildman–Crippen MR) is 78.5 cm³/mol. The summed E-state index contributed by atoms with van der Waals surface area (Å²) < 4.78 is 1.03. The molecular formula is C15H20BrNO. The number of carbonyl (C=O) groups excluding carboxylic acids is 1.